The van der Waals surface area contributed by atoms with Crippen molar-refractivity contribution in [3.05, 3.63) is 48.0 Å². The Morgan fingerprint density at radius 3 is 1.75 bits per heavy atom. The fourth-order valence-corrected chi connectivity index (χ4v) is 6.31. The van der Waals surface area contributed by atoms with E-state index in [0.29, 0.717) is 6.04 Å². The van der Waals surface area contributed by atoms with Crippen molar-refractivity contribution in [1.29, 1.82) is 0 Å². The van der Waals surface area contributed by atoms with Gasteiger partial charge in [-0.2, -0.15) is 0 Å². The minimum atomic E-state index is -2.84. The summed E-state index contributed by atoms with van der Waals surface area (Å²) in [5.74, 6) is 0. The van der Waals surface area contributed by atoms with E-state index >= 15 is 0 Å². The Hall–Kier alpha value is -1.20. The fourth-order valence-electron chi connectivity index (χ4n) is 2.97. The highest BCUT2D eigenvalue weighted by Gasteiger charge is 2.44. The van der Waals surface area contributed by atoms with Crippen molar-refractivity contribution in [3.63, 3.8) is 0 Å². The molecule has 24 heavy (non-hydrogen) atoms. The van der Waals surface area contributed by atoms with Crippen molar-refractivity contribution in [3.8, 4) is 0 Å². The smallest absolute Gasteiger partial charge is 0.371 e. The van der Waals surface area contributed by atoms with Gasteiger partial charge in [-0.3, -0.25) is 0 Å². The number of fused-ring (bicyclic) bond motifs is 1. The van der Waals surface area contributed by atoms with Crippen LogP contribution in [0, 0.1) is 0 Å². The predicted molar refractivity (Wildman–Crippen MR) is 102 cm³/mol. The van der Waals surface area contributed by atoms with E-state index in [1.165, 1.54) is 16.3 Å². The Bertz CT molecular complexity index is 620. The maximum Gasteiger partial charge on any atom is 0.506 e. The lowest BCUT2D eigenvalue weighted by Crippen LogP contribution is -2.53. The molecule has 2 aromatic rings. The third-order valence-electron chi connectivity index (χ3n) is 3.53. The molecule has 0 amide bonds. The molecule has 0 saturated heterocycles. The molecule has 0 atom stereocenters. The van der Waals surface area contributed by atoms with Crippen LogP contribution in [0.3, 0.4) is 0 Å². The zero-order chi connectivity index (χ0) is 17.7. The minimum absolute atomic E-state index is 0.0594. The molecule has 0 bridgehead atoms. The molecule has 0 heterocycles. The topological polar surface area (TPSA) is 27.7 Å². The van der Waals surface area contributed by atoms with E-state index in [1.807, 2.05) is 41.5 Å². The summed E-state index contributed by atoms with van der Waals surface area (Å²) in [5, 5.41) is 2.47. The lowest BCUT2D eigenvalue weighted by Gasteiger charge is -2.34. The first kappa shape index (κ1) is 19.1. The first-order chi connectivity index (χ1) is 11.3. The number of hydrogen-bond donors (Lipinski definition) is 0. The van der Waals surface area contributed by atoms with E-state index in [9.17, 15) is 0 Å². The first-order valence-electron chi connectivity index (χ1n) is 8.81. The lowest BCUT2D eigenvalue weighted by molar-refractivity contribution is 0.00243. The molecule has 0 fully saturated rings. The standard InChI is InChI=1S/C20H30O3Si/c1-15(2)21-24(22-16(3)4,23-17(5)6)14-19-12-9-11-18-10-7-8-13-20(18)19/h7-13,15-17H,14H2,1-6H3. The second-order valence-electron chi connectivity index (χ2n) is 7.00. The summed E-state index contributed by atoms with van der Waals surface area (Å²) in [4.78, 5) is 0. The average molecular weight is 347 g/mol. The van der Waals surface area contributed by atoms with Gasteiger partial charge in [0.25, 0.3) is 0 Å². The summed E-state index contributed by atoms with van der Waals surface area (Å²) in [6, 6.07) is 15.5. The van der Waals surface area contributed by atoms with Gasteiger partial charge in [0.15, 0.2) is 0 Å². The summed E-state index contributed by atoms with van der Waals surface area (Å²) in [5.41, 5.74) is 1.22. The molecule has 3 nitrogen and oxygen atoms in total. The Kier molecular flexibility index (Phi) is 6.58. The van der Waals surface area contributed by atoms with E-state index in [-0.39, 0.29) is 18.3 Å². The van der Waals surface area contributed by atoms with Gasteiger partial charge >= 0.3 is 8.80 Å². The van der Waals surface area contributed by atoms with Crippen LogP contribution in [0.15, 0.2) is 42.5 Å². The monoisotopic (exact) mass is 346 g/mol. The van der Waals surface area contributed by atoms with Gasteiger partial charge in [0, 0.05) is 24.4 Å². The Morgan fingerprint density at radius 1 is 0.708 bits per heavy atom. The molecule has 0 aliphatic heterocycles. The van der Waals surface area contributed by atoms with Crippen molar-refractivity contribution in [1.82, 2.24) is 0 Å². The van der Waals surface area contributed by atoms with Crippen LogP contribution in [-0.2, 0) is 19.3 Å². The summed E-state index contributed by atoms with van der Waals surface area (Å²) < 4.78 is 18.9. The van der Waals surface area contributed by atoms with Crippen LogP contribution in [0.4, 0.5) is 0 Å². The van der Waals surface area contributed by atoms with Gasteiger partial charge < -0.3 is 13.3 Å². The number of hydrogen-bond acceptors (Lipinski definition) is 3. The van der Waals surface area contributed by atoms with Gasteiger partial charge in [-0.05, 0) is 57.9 Å². The van der Waals surface area contributed by atoms with Crippen LogP contribution in [0.5, 0.6) is 0 Å². The Labute approximate surface area is 147 Å². The first-order valence-corrected chi connectivity index (χ1v) is 10.7. The van der Waals surface area contributed by atoms with Gasteiger partial charge in [0.2, 0.25) is 0 Å². The molecule has 0 aliphatic carbocycles. The van der Waals surface area contributed by atoms with Crippen molar-refractivity contribution >= 4 is 19.6 Å². The summed E-state index contributed by atoms with van der Waals surface area (Å²) in [6.45, 7) is 12.2. The Morgan fingerprint density at radius 2 is 1.21 bits per heavy atom. The molecule has 0 aliphatic rings. The minimum Gasteiger partial charge on any atom is -0.371 e. The van der Waals surface area contributed by atoms with Crippen molar-refractivity contribution in [2.45, 2.75) is 65.9 Å². The van der Waals surface area contributed by atoms with Crippen LogP contribution >= 0.6 is 0 Å². The van der Waals surface area contributed by atoms with Crippen LogP contribution in [0.1, 0.15) is 47.1 Å². The predicted octanol–water partition coefficient (Wildman–Crippen LogP) is 5.14. The van der Waals surface area contributed by atoms with Gasteiger partial charge in [-0.1, -0.05) is 42.5 Å². The van der Waals surface area contributed by atoms with E-state index in [2.05, 4.69) is 42.5 Å². The van der Waals surface area contributed by atoms with Crippen molar-refractivity contribution < 1.29 is 13.3 Å². The molecule has 0 N–H and O–H groups in total. The fraction of sp³-hybridized carbons (Fsp3) is 0.500. The average Bonchev–Trinajstić information content (AvgIpc) is 2.45. The summed E-state index contributed by atoms with van der Waals surface area (Å²) >= 11 is 0. The largest absolute Gasteiger partial charge is 0.506 e. The molecule has 4 heteroatoms. The highest BCUT2D eigenvalue weighted by atomic mass is 28.4. The molecule has 132 valence electrons. The Balaban J connectivity index is 2.44. The molecule has 0 saturated carbocycles. The maximum atomic E-state index is 6.31. The molecule has 0 unspecified atom stereocenters. The number of benzene rings is 2. The molecule has 2 aromatic carbocycles. The van der Waals surface area contributed by atoms with Gasteiger partial charge in [0.1, 0.15) is 0 Å². The maximum absolute atomic E-state index is 6.31. The quantitative estimate of drug-likeness (QED) is 0.620. The third-order valence-corrected chi connectivity index (χ3v) is 6.84. The van der Waals surface area contributed by atoms with Gasteiger partial charge in [-0.15, -0.1) is 0 Å². The highest BCUT2D eigenvalue weighted by molar-refractivity contribution is 6.60. The second kappa shape index (κ2) is 8.25. The van der Waals surface area contributed by atoms with E-state index in [4.69, 9.17) is 13.3 Å². The SMILES string of the molecule is CC(C)O[Si](Cc1cccc2ccccc12)(OC(C)C)OC(C)C. The normalized spacial score (nSPS) is 12.7. The van der Waals surface area contributed by atoms with E-state index in [0.717, 1.165) is 0 Å². The summed E-state index contributed by atoms with van der Waals surface area (Å²) in [6.07, 6.45) is 0.178. The third kappa shape index (κ3) is 5.15. The van der Waals surface area contributed by atoms with Crippen LogP contribution < -0.4 is 0 Å². The van der Waals surface area contributed by atoms with Crippen molar-refractivity contribution in [2.24, 2.45) is 0 Å². The zero-order valence-electron chi connectivity index (χ0n) is 15.7. The molecule has 0 aromatic heterocycles. The lowest BCUT2D eigenvalue weighted by atomic mass is 10.1. The van der Waals surface area contributed by atoms with E-state index < -0.39 is 8.80 Å². The molecule has 2 rings (SSSR count). The second-order valence-corrected chi connectivity index (χ2v) is 9.42. The molecular formula is C20H30O3Si. The van der Waals surface area contributed by atoms with Crippen LogP contribution in [-0.4, -0.2) is 27.1 Å². The molecule has 0 spiro atoms. The van der Waals surface area contributed by atoms with E-state index in [1.54, 1.807) is 0 Å². The van der Waals surface area contributed by atoms with Gasteiger partial charge in [-0.25, -0.2) is 0 Å². The van der Waals surface area contributed by atoms with Crippen LogP contribution in [0.2, 0.25) is 0 Å². The van der Waals surface area contributed by atoms with Crippen LogP contribution in [0.25, 0.3) is 10.8 Å². The summed E-state index contributed by atoms with van der Waals surface area (Å²) in [7, 11) is -2.84. The van der Waals surface area contributed by atoms with Gasteiger partial charge in [0.05, 0.1) is 0 Å². The highest BCUT2D eigenvalue weighted by Crippen LogP contribution is 2.27. The molecular weight excluding hydrogens is 316 g/mol. The molecule has 0 radical (unpaired) electrons. The van der Waals surface area contributed by atoms with Crippen molar-refractivity contribution in [2.75, 3.05) is 0 Å². The number of rotatable bonds is 8. The zero-order valence-corrected chi connectivity index (χ0v) is 16.7.